The molecule has 0 spiro atoms. The van der Waals surface area contributed by atoms with Crippen LogP contribution in [0.4, 0.5) is 0 Å². The molecular weight excluding hydrogens is 218 g/mol. The summed E-state index contributed by atoms with van der Waals surface area (Å²) in [5.74, 6) is -1.27. The van der Waals surface area contributed by atoms with Gasteiger partial charge in [-0.2, -0.15) is 0 Å². The predicted octanol–water partition coefficient (Wildman–Crippen LogP) is 2.04. The van der Waals surface area contributed by atoms with Crippen molar-refractivity contribution in [1.29, 1.82) is 0 Å². The molecule has 1 aromatic rings. The molecule has 1 rings (SSSR count). The van der Waals surface area contributed by atoms with Crippen molar-refractivity contribution in [2.24, 2.45) is 0 Å². The van der Waals surface area contributed by atoms with Gasteiger partial charge in [-0.15, -0.1) is 0 Å². The van der Waals surface area contributed by atoms with Crippen LogP contribution in [-0.2, 0) is 9.59 Å². The fourth-order valence-electron chi connectivity index (χ4n) is 1.64. The average Bonchev–Trinajstić information content (AvgIpc) is 2.27. The van der Waals surface area contributed by atoms with Gasteiger partial charge < -0.3 is 10.4 Å². The van der Waals surface area contributed by atoms with E-state index in [1.807, 2.05) is 26.0 Å². The zero-order valence-electron chi connectivity index (χ0n) is 10.1. The molecule has 0 heterocycles. The molecule has 0 saturated heterocycles. The summed E-state index contributed by atoms with van der Waals surface area (Å²) in [5.41, 5.74) is 1.49. The Labute approximate surface area is 101 Å². The highest BCUT2D eigenvalue weighted by atomic mass is 16.4. The summed E-state index contributed by atoms with van der Waals surface area (Å²) in [7, 11) is 0. The summed E-state index contributed by atoms with van der Waals surface area (Å²) in [6, 6.07) is 6.20. The number of aryl methyl sites for hydroxylation is 1. The summed E-state index contributed by atoms with van der Waals surface area (Å²) in [6.45, 7) is 3.71. The van der Waals surface area contributed by atoms with Gasteiger partial charge >= 0.3 is 5.97 Å². The van der Waals surface area contributed by atoms with Gasteiger partial charge in [0.15, 0.2) is 6.04 Å². The summed E-state index contributed by atoms with van der Waals surface area (Å²) in [6.07, 6.45) is 1.04. The second-order valence-corrected chi connectivity index (χ2v) is 3.95. The molecule has 17 heavy (non-hydrogen) atoms. The Hall–Kier alpha value is -1.84. The number of benzene rings is 1. The maximum absolute atomic E-state index is 11.5. The Kier molecular flexibility index (Phi) is 4.69. The minimum Gasteiger partial charge on any atom is -0.479 e. The van der Waals surface area contributed by atoms with E-state index in [1.165, 1.54) is 0 Å². The molecule has 4 nitrogen and oxygen atoms in total. The number of carbonyl (C=O) groups excluding carboxylic acids is 1. The zero-order chi connectivity index (χ0) is 12.8. The number of nitrogens with one attached hydrogen (secondary N) is 1. The third-order valence-corrected chi connectivity index (χ3v) is 2.53. The fourth-order valence-corrected chi connectivity index (χ4v) is 1.64. The lowest BCUT2D eigenvalue weighted by molar-refractivity contribution is -0.142. The van der Waals surface area contributed by atoms with Crippen molar-refractivity contribution in [2.75, 3.05) is 0 Å². The van der Waals surface area contributed by atoms with E-state index in [9.17, 15) is 9.59 Å². The third kappa shape index (κ3) is 3.59. The molecule has 1 amide bonds. The van der Waals surface area contributed by atoms with Gasteiger partial charge in [-0.05, 0) is 24.5 Å². The van der Waals surface area contributed by atoms with E-state index in [0.717, 1.165) is 5.56 Å². The molecule has 1 atom stereocenters. The smallest absolute Gasteiger partial charge is 0.330 e. The highest BCUT2D eigenvalue weighted by molar-refractivity contribution is 5.84. The number of aliphatic carboxylic acids is 1. The standard InChI is InChI=1S/C13H17NO3/c1-3-6-11(15)14-12(13(16)17)10-8-5-4-7-9(10)2/h4-5,7-8,12H,3,6H2,1-2H3,(H,14,15)(H,16,17). The van der Waals surface area contributed by atoms with E-state index in [-0.39, 0.29) is 5.91 Å². The molecule has 92 valence electrons. The lowest BCUT2D eigenvalue weighted by Gasteiger charge is -2.16. The molecule has 0 aliphatic heterocycles. The van der Waals surface area contributed by atoms with Crippen molar-refractivity contribution >= 4 is 11.9 Å². The number of hydrogen-bond donors (Lipinski definition) is 2. The van der Waals surface area contributed by atoms with Gasteiger partial charge in [0.05, 0.1) is 0 Å². The molecule has 0 fully saturated rings. The molecular formula is C13H17NO3. The molecule has 0 saturated carbocycles. The lowest BCUT2D eigenvalue weighted by Crippen LogP contribution is -2.33. The Balaban J connectivity index is 2.91. The van der Waals surface area contributed by atoms with Crippen molar-refractivity contribution in [3.63, 3.8) is 0 Å². The Bertz CT molecular complexity index is 415. The van der Waals surface area contributed by atoms with Gasteiger partial charge in [-0.25, -0.2) is 4.79 Å². The second kappa shape index (κ2) is 6.03. The van der Waals surface area contributed by atoms with Crippen molar-refractivity contribution in [3.8, 4) is 0 Å². The highest BCUT2D eigenvalue weighted by Crippen LogP contribution is 2.17. The Morgan fingerprint density at radius 1 is 1.35 bits per heavy atom. The van der Waals surface area contributed by atoms with E-state index < -0.39 is 12.0 Å². The van der Waals surface area contributed by atoms with Crippen molar-refractivity contribution in [2.45, 2.75) is 32.7 Å². The number of rotatable bonds is 5. The molecule has 4 heteroatoms. The van der Waals surface area contributed by atoms with Crippen LogP contribution >= 0.6 is 0 Å². The van der Waals surface area contributed by atoms with Gasteiger partial charge in [0.25, 0.3) is 0 Å². The van der Waals surface area contributed by atoms with Crippen LogP contribution in [0, 0.1) is 6.92 Å². The minimum absolute atomic E-state index is 0.233. The number of carbonyl (C=O) groups is 2. The maximum Gasteiger partial charge on any atom is 0.330 e. The first-order valence-corrected chi connectivity index (χ1v) is 5.64. The molecule has 0 aromatic heterocycles. The van der Waals surface area contributed by atoms with E-state index in [4.69, 9.17) is 5.11 Å². The van der Waals surface area contributed by atoms with Crippen LogP contribution in [0.15, 0.2) is 24.3 Å². The van der Waals surface area contributed by atoms with Crippen LogP contribution in [0.2, 0.25) is 0 Å². The Morgan fingerprint density at radius 2 is 2.00 bits per heavy atom. The van der Waals surface area contributed by atoms with Crippen LogP contribution in [-0.4, -0.2) is 17.0 Å². The summed E-state index contributed by atoms with van der Waals surface area (Å²) in [5, 5.41) is 11.7. The van der Waals surface area contributed by atoms with Crippen LogP contribution in [0.25, 0.3) is 0 Å². The molecule has 0 bridgehead atoms. The summed E-state index contributed by atoms with van der Waals surface area (Å²) in [4.78, 5) is 22.6. The quantitative estimate of drug-likeness (QED) is 0.820. The molecule has 2 N–H and O–H groups in total. The van der Waals surface area contributed by atoms with Crippen LogP contribution < -0.4 is 5.32 Å². The monoisotopic (exact) mass is 235 g/mol. The molecule has 1 unspecified atom stereocenters. The summed E-state index contributed by atoms with van der Waals surface area (Å²) < 4.78 is 0. The first-order valence-electron chi connectivity index (χ1n) is 5.64. The number of amides is 1. The number of carboxylic acid groups (broad SMARTS) is 1. The second-order valence-electron chi connectivity index (χ2n) is 3.95. The van der Waals surface area contributed by atoms with Crippen molar-refractivity contribution < 1.29 is 14.7 Å². The first-order chi connectivity index (χ1) is 8.06. The number of carboxylic acids is 1. The predicted molar refractivity (Wildman–Crippen MR) is 64.6 cm³/mol. The SMILES string of the molecule is CCCC(=O)NC(C(=O)O)c1ccccc1C. The zero-order valence-corrected chi connectivity index (χ0v) is 10.1. The van der Waals surface area contributed by atoms with Crippen molar-refractivity contribution in [1.82, 2.24) is 5.32 Å². The van der Waals surface area contributed by atoms with Crippen LogP contribution in [0.1, 0.15) is 36.9 Å². The first kappa shape index (κ1) is 13.2. The largest absolute Gasteiger partial charge is 0.479 e. The Morgan fingerprint density at radius 3 is 2.53 bits per heavy atom. The lowest BCUT2D eigenvalue weighted by atomic mass is 10.0. The van der Waals surface area contributed by atoms with Gasteiger partial charge in [-0.1, -0.05) is 31.2 Å². The molecule has 1 aromatic carbocycles. The van der Waals surface area contributed by atoms with Gasteiger partial charge in [0, 0.05) is 6.42 Å². The maximum atomic E-state index is 11.5. The third-order valence-electron chi connectivity index (χ3n) is 2.53. The van der Waals surface area contributed by atoms with E-state index >= 15 is 0 Å². The highest BCUT2D eigenvalue weighted by Gasteiger charge is 2.22. The normalized spacial score (nSPS) is 11.9. The van der Waals surface area contributed by atoms with E-state index in [1.54, 1.807) is 12.1 Å². The van der Waals surface area contributed by atoms with E-state index in [2.05, 4.69) is 5.32 Å². The molecule has 0 radical (unpaired) electrons. The average molecular weight is 235 g/mol. The topological polar surface area (TPSA) is 66.4 Å². The van der Waals surface area contributed by atoms with Gasteiger partial charge in [0.2, 0.25) is 5.91 Å². The van der Waals surface area contributed by atoms with Gasteiger partial charge in [0.1, 0.15) is 0 Å². The molecule has 0 aliphatic rings. The van der Waals surface area contributed by atoms with Crippen molar-refractivity contribution in [3.05, 3.63) is 35.4 Å². The number of hydrogen-bond acceptors (Lipinski definition) is 2. The minimum atomic E-state index is -1.04. The molecule has 0 aliphatic carbocycles. The fraction of sp³-hybridized carbons (Fsp3) is 0.385. The van der Waals surface area contributed by atoms with E-state index in [0.29, 0.717) is 18.4 Å². The van der Waals surface area contributed by atoms with Crippen LogP contribution in [0.3, 0.4) is 0 Å². The summed E-state index contributed by atoms with van der Waals surface area (Å²) >= 11 is 0. The van der Waals surface area contributed by atoms with Gasteiger partial charge in [-0.3, -0.25) is 4.79 Å². The van der Waals surface area contributed by atoms with Crippen LogP contribution in [0.5, 0.6) is 0 Å².